The van der Waals surface area contributed by atoms with E-state index in [9.17, 15) is 8.42 Å². The predicted molar refractivity (Wildman–Crippen MR) is 111 cm³/mol. The van der Waals surface area contributed by atoms with Crippen LogP contribution in [0.2, 0.25) is 5.02 Å². The molecule has 1 aromatic carbocycles. The van der Waals surface area contributed by atoms with E-state index >= 15 is 0 Å². The monoisotopic (exact) mass is 432 g/mol. The lowest BCUT2D eigenvalue weighted by molar-refractivity contribution is -0.508. The van der Waals surface area contributed by atoms with Gasteiger partial charge in [-0.15, -0.1) is 0 Å². The maximum atomic E-state index is 12.8. The zero-order chi connectivity index (χ0) is 20.7. The lowest BCUT2D eigenvalue weighted by Crippen LogP contribution is -2.53. The van der Waals surface area contributed by atoms with Gasteiger partial charge in [0.2, 0.25) is 5.79 Å². The van der Waals surface area contributed by atoms with Gasteiger partial charge in [-0.1, -0.05) is 51.1 Å². The molecule has 5 nitrogen and oxygen atoms in total. The molecule has 0 saturated carbocycles. The Morgan fingerprint density at radius 3 is 2.00 bits per heavy atom. The van der Waals surface area contributed by atoms with Gasteiger partial charge in [0.15, 0.2) is 9.84 Å². The van der Waals surface area contributed by atoms with Gasteiger partial charge in [-0.3, -0.25) is 0 Å². The number of hydrogen-bond donors (Lipinski definition) is 0. The Hall–Kier alpha value is -0.660. The normalized spacial score (nSPS) is 22.3. The van der Waals surface area contributed by atoms with Crippen molar-refractivity contribution in [2.45, 2.75) is 88.4 Å². The third-order valence-electron chi connectivity index (χ3n) is 5.03. The van der Waals surface area contributed by atoms with Gasteiger partial charge in [-0.05, 0) is 44.0 Å². The van der Waals surface area contributed by atoms with E-state index < -0.39 is 21.2 Å². The van der Waals surface area contributed by atoms with E-state index in [0.717, 1.165) is 51.4 Å². The molecule has 1 aromatic rings. The third-order valence-corrected chi connectivity index (χ3v) is 7.26. The van der Waals surface area contributed by atoms with E-state index in [1.165, 1.54) is 12.1 Å². The summed E-state index contributed by atoms with van der Waals surface area (Å²) in [5.74, 6) is -0.991. The molecule has 1 heterocycles. The van der Waals surface area contributed by atoms with Crippen LogP contribution in [0.25, 0.3) is 0 Å². The fourth-order valence-electron chi connectivity index (χ4n) is 3.34. The fourth-order valence-corrected chi connectivity index (χ4v) is 5.12. The van der Waals surface area contributed by atoms with Crippen molar-refractivity contribution < 1.29 is 22.9 Å². The van der Waals surface area contributed by atoms with Gasteiger partial charge in [0.05, 0.1) is 17.3 Å². The number of benzene rings is 1. The molecule has 0 radical (unpaired) electrons. The number of halogens is 1. The van der Waals surface area contributed by atoms with Crippen LogP contribution >= 0.6 is 11.6 Å². The van der Waals surface area contributed by atoms with Crippen LogP contribution in [0.4, 0.5) is 0 Å². The summed E-state index contributed by atoms with van der Waals surface area (Å²) in [6, 6.07) is 6.15. The Labute approximate surface area is 174 Å². The van der Waals surface area contributed by atoms with Crippen molar-refractivity contribution in [2.75, 3.05) is 12.4 Å². The summed E-state index contributed by atoms with van der Waals surface area (Å²) < 4.78 is 31.7. The minimum Gasteiger partial charge on any atom is -0.344 e. The Bertz CT molecular complexity index is 682. The van der Waals surface area contributed by atoms with Crippen molar-refractivity contribution in [1.82, 2.24) is 0 Å². The number of ether oxygens (including phenoxy) is 1. The lowest BCUT2D eigenvalue weighted by atomic mass is 10.00. The highest BCUT2D eigenvalue weighted by Gasteiger charge is 2.46. The van der Waals surface area contributed by atoms with Gasteiger partial charge in [0, 0.05) is 17.9 Å². The van der Waals surface area contributed by atoms with Gasteiger partial charge in [-0.25, -0.2) is 18.2 Å². The summed E-state index contributed by atoms with van der Waals surface area (Å²) in [5.41, 5.74) is -1.06. The highest BCUT2D eigenvalue weighted by molar-refractivity contribution is 7.91. The highest BCUT2D eigenvalue weighted by atomic mass is 35.5. The van der Waals surface area contributed by atoms with E-state index in [0.29, 0.717) is 5.02 Å². The third kappa shape index (κ3) is 6.70. The minimum atomic E-state index is -3.56. The van der Waals surface area contributed by atoms with Crippen molar-refractivity contribution in [3.05, 3.63) is 29.3 Å². The molecular formula is C21H33ClO5S. The van der Waals surface area contributed by atoms with Crippen molar-refractivity contribution in [2.24, 2.45) is 0 Å². The molecule has 1 aliphatic heterocycles. The van der Waals surface area contributed by atoms with E-state index in [1.54, 1.807) is 19.1 Å². The first-order valence-electron chi connectivity index (χ1n) is 10.2. The smallest absolute Gasteiger partial charge is 0.201 e. The Balaban J connectivity index is 2.03. The maximum absolute atomic E-state index is 12.8. The maximum Gasteiger partial charge on any atom is 0.201 e. The van der Waals surface area contributed by atoms with E-state index in [-0.39, 0.29) is 17.3 Å². The summed E-state index contributed by atoms with van der Waals surface area (Å²) in [7, 11) is -3.56. The largest absolute Gasteiger partial charge is 0.344 e. The Morgan fingerprint density at radius 2 is 1.54 bits per heavy atom. The summed E-state index contributed by atoms with van der Waals surface area (Å²) >= 11 is 5.86. The van der Waals surface area contributed by atoms with Crippen LogP contribution in [0.3, 0.4) is 0 Å². The van der Waals surface area contributed by atoms with Crippen molar-refractivity contribution in [3.63, 3.8) is 0 Å². The molecule has 1 fully saturated rings. The van der Waals surface area contributed by atoms with Gasteiger partial charge >= 0.3 is 0 Å². The number of hydrogen-bond acceptors (Lipinski definition) is 5. The summed E-state index contributed by atoms with van der Waals surface area (Å²) in [6.45, 7) is 6.20. The summed E-state index contributed by atoms with van der Waals surface area (Å²) in [6.07, 6.45) is 7.92. The van der Waals surface area contributed by atoms with Gasteiger partial charge < -0.3 is 4.74 Å². The first kappa shape index (κ1) is 23.6. The van der Waals surface area contributed by atoms with Crippen molar-refractivity contribution in [3.8, 4) is 0 Å². The summed E-state index contributed by atoms with van der Waals surface area (Å²) in [5, 5.41) is 0.495. The molecular weight excluding hydrogens is 400 g/mol. The quantitative estimate of drug-likeness (QED) is 0.331. The van der Waals surface area contributed by atoms with E-state index in [1.807, 2.05) is 0 Å². The number of unbranched alkanes of at least 4 members (excludes halogenated alkanes) is 4. The van der Waals surface area contributed by atoms with Crippen LogP contribution < -0.4 is 0 Å². The summed E-state index contributed by atoms with van der Waals surface area (Å²) in [4.78, 5) is 11.7. The average molecular weight is 433 g/mol. The molecule has 1 saturated heterocycles. The first-order valence-corrected chi connectivity index (χ1v) is 12.3. The fraction of sp³-hybridized carbons (Fsp3) is 0.714. The minimum absolute atomic E-state index is 0.179. The van der Waals surface area contributed by atoms with Gasteiger partial charge in [-0.2, -0.15) is 0 Å². The predicted octanol–water partition coefficient (Wildman–Crippen LogP) is 5.71. The zero-order valence-corrected chi connectivity index (χ0v) is 18.8. The standard InChI is InChI=1S/C21H33ClO5S/c1-4-6-8-14-21(15-9-7-5-2)25-16-20(3,26-27-21)17-28(23,24)19-12-10-18(22)11-13-19/h10-13H,4-9,14-17H2,1-3H3. The van der Waals surface area contributed by atoms with Gasteiger partial charge in [0.25, 0.3) is 0 Å². The Morgan fingerprint density at radius 1 is 0.964 bits per heavy atom. The molecule has 0 aliphatic carbocycles. The van der Waals surface area contributed by atoms with E-state index in [2.05, 4.69) is 13.8 Å². The van der Waals surface area contributed by atoms with Gasteiger partial charge in [0.1, 0.15) is 5.60 Å². The molecule has 1 atom stereocenters. The second-order valence-corrected chi connectivity index (χ2v) is 10.4. The van der Waals surface area contributed by atoms with Crippen molar-refractivity contribution >= 4 is 21.4 Å². The Kier molecular flexibility index (Phi) is 8.77. The first-order chi connectivity index (χ1) is 13.2. The molecule has 28 heavy (non-hydrogen) atoms. The molecule has 0 N–H and O–H groups in total. The molecule has 0 amide bonds. The van der Waals surface area contributed by atoms with Crippen LogP contribution in [0.5, 0.6) is 0 Å². The zero-order valence-electron chi connectivity index (χ0n) is 17.2. The lowest BCUT2D eigenvalue weighted by Gasteiger charge is -2.43. The molecule has 2 rings (SSSR count). The molecule has 160 valence electrons. The average Bonchev–Trinajstić information content (AvgIpc) is 2.65. The molecule has 1 unspecified atom stereocenters. The molecule has 0 aromatic heterocycles. The second-order valence-electron chi connectivity index (χ2n) is 7.94. The second kappa shape index (κ2) is 10.4. The van der Waals surface area contributed by atoms with Crippen LogP contribution in [0.15, 0.2) is 29.2 Å². The van der Waals surface area contributed by atoms with Crippen LogP contribution in [0.1, 0.15) is 72.1 Å². The highest BCUT2D eigenvalue weighted by Crippen LogP contribution is 2.36. The topological polar surface area (TPSA) is 61.8 Å². The molecule has 0 bridgehead atoms. The SMILES string of the molecule is CCCCCC1(CCCCC)OCC(C)(CS(=O)(=O)c2ccc(Cl)cc2)OO1. The molecule has 7 heteroatoms. The van der Waals surface area contributed by atoms with E-state index in [4.69, 9.17) is 26.1 Å². The molecule has 1 aliphatic rings. The van der Waals surface area contributed by atoms with Crippen LogP contribution in [0, 0.1) is 0 Å². The number of sulfone groups is 1. The number of rotatable bonds is 11. The van der Waals surface area contributed by atoms with Crippen LogP contribution in [-0.2, 0) is 24.3 Å². The molecule has 0 spiro atoms. The van der Waals surface area contributed by atoms with Crippen molar-refractivity contribution in [1.29, 1.82) is 0 Å². The van der Waals surface area contributed by atoms with Crippen LogP contribution in [-0.4, -0.2) is 32.2 Å².